The van der Waals surface area contributed by atoms with Crippen LogP contribution in [0.25, 0.3) is 0 Å². The van der Waals surface area contributed by atoms with Crippen LogP contribution in [0.2, 0.25) is 0 Å². The van der Waals surface area contributed by atoms with Crippen molar-refractivity contribution >= 4 is 0 Å². The molecule has 0 atom stereocenters. The summed E-state index contributed by atoms with van der Waals surface area (Å²) in [5.41, 5.74) is 19.6. The van der Waals surface area contributed by atoms with Gasteiger partial charge in [0.2, 0.25) is 0 Å². The molecule has 0 aliphatic carbocycles. The Kier molecular flexibility index (Phi) is 33.4. The van der Waals surface area contributed by atoms with Crippen molar-refractivity contribution in [3.05, 3.63) is 10.1 Å². The number of hydrogen-bond donors (Lipinski definition) is 4. The van der Waals surface area contributed by atoms with E-state index < -0.39 is 3.56 Å². The summed E-state index contributed by atoms with van der Waals surface area (Å²) < 4.78 is -0.650. The monoisotopic (exact) mass is 272 g/mol. The van der Waals surface area contributed by atoms with Gasteiger partial charge in [0.05, 0.1) is 0 Å². The molecule has 8 heteroatoms. The van der Waals surface area contributed by atoms with Crippen LogP contribution in [0.15, 0.2) is 0 Å². The van der Waals surface area contributed by atoms with Crippen LogP contribution in [0.3, 0.4) is 0 Å². The molecule has 0 spiro atoms. The minimum absolute atomic E-state index is 0.597. The van der Waals surface area contributed by atoms with Crippen molar-refractivity contribution in [3.8, 4) is 0 Å². The summed E-state index contributed by atoms with van der Waals surface area (Å²) in [4.78, 5) is 8.74. The predicted octanol–water partition coefficient (Wildman–Crippen LogP) is -2.47. The first-order valence-corrected chi connectivity index (χ1v) is 3.83. The number of hydrogen-bond acceptors (Lipinski definition) is 6. The summed E-state index contributed by atoms with van der Waals surface area (Å²) in [6, 6.07) is 0. The van der Waals surface area contributed by atoms with E-state index in [0.29, 0.717) is 26.2 Å². The van der Waals surface area contributed by atoms with Crippen LogP contribution in [-0.2, 0) is 19.4 Å². The van der Waals surface area contributed by atoms with Crippen molar-refractivity contribution < 1.29 is 23.0 Å². The molecular formula is C4H16N5O2Pd. The molecule has 0 saturated heterocycles. The van der Waals surface area contributed by atoms with Gasteiger partial charge in [-0.05, 0) is 0 Å². The molecule has 12 heavy (non-hydrogen) atoms. The molecule has 0 rings (SSSR count). The van der Waals surface area contributed by atoms with Gasteiger partial charge in [0.25, 0.3) is 0 Å². The van der Waals surface area contributed by atoms with Gasteiger partial charge in [-0.15, -0.1) is 0 Å². The summed E-state index contributed by atoms with van der Waals surface area (Å²) in [5.74, 6) is 0. The number of nitro groups is 1. The second kappa shape index (κ2) is 22.4. The maximum absolute atomic E-state index is 8.74. The van der Waals surface area contributed by atoms with Gasteiger partial charge < -0.3 is 22.9 Å². The van der Waals surface area contributed by atoms with Crippen LogP contribution in [0.1, 0.15) is 0 Å². The molecule has 0 fully saturated rings. The zero-order chi connectivity index (χ0) is 10.4. The normalized spacial score (nSPS) is 7.17. The average Bonchev–Trinajstić information content (AvgIpc) is 2.03. The Labute approximate surface area is 82.7 Å². The standard InChI is InChI=1S/2C2H8N2.NO2.Pd/c2*3-1-2-4;2-1-3;/h2*1-4H2;;. The van der Waals surface area contributed by atoms with Gasteiger partial charge in [-0.3, -0.25) is 0 Å². The first-order valence-electron chi connectivity index (χ1n) is 3.14. The van der Waals surface area contributed by atoms with Crippen molar-refractivity contribution in [2.45, 2.75) is 0 Å². The number of rotatable bonds is 2. The van der Waals surface area contributed by atoms with Crippen molar-refractivity contribution in [2.24, 2.45) is 22.9 Å². The van der Waals surface area contributed by atoms with E-state index in [0.717, 1.165) is 0 Å². The number of nitrogens with two attached hydrogens (primary N) is 4. The van der Waals surface area contributed by atoms with Crippen LogP contribution < -0.4 is 22.9 Å². The molecule has 0 aromatic heterocycles. The quantitative estimate of drug-likeness (QED) is 0.249. The molecule has 79 valence electrons. The second-order valence-electron chi connectivity index (χ2n) is 1.34. The third-order valence-corrected chi connectivity index (χ3v) is 0.333. The molecular weight excluding hydrogens is 256 g/mol. The third kappa shape index (κ3) is 217. The van der Waals surface area contributed by atoms with Gasteiger partial charge in [0.1, 0.15) is 0 Å². The van der Waals surface area contributed by atoms with E-state index in [1.54, 1.807) is 19.4 Å². The molecule has 8 N–H and O–H groups in total. The zero-order valence-electron chi connectivity index (χ0n) is 6.72. The van der Waals surface area contributed by atoms with Crippen LogP contribution in [0.4, 0.5) is 0 Å². The zero-order valence-corrected chi connectivity index (χ0v) is 8.27. The first-order chi connectivity index (χ1) is 5.56. The Bertz CT molecular complexity index is 71.8. The third-order valence-electron chi connectivity index (χ3n) is 0.333. The maximum atomic E-state index is 8.74. The predicted molar refractivity (Wildman–Crippen MR) is 43.2 cm³/mol. The topological polar surface area (TPSA) is 147 Å². The second-order valence-corrected chi connectivity index (χ2v) is 1.91. The molecule has 0 heterocycles. The molecule has 0 aromatic carbocycles. The molecule has 7 nitrogen and oxygen atoms in total. The Hall–Kier alpha value is -0.0977. The number of nitrogens with zero attached hydrogens (tertiary/aromatic N) is 1. The van der Waals surface area contributed by atoms with Gasteiger partial charge in [-0.2, -0.15) is 0 Å². The molecule has 0 aliphatic rings. The van der Waals surface area contributed by atoms with E-state index in [2.05, 4.69) is 0 Å². The summed E-state index contributed by atoms with van der Waals surface area (Å²) in [7, 11) is 0. The fourth-order valence-electron chi connectivity index (χ4n) is 0. The molecule has 0 radical (unpaired) electrons. The summed E-state index contributed by atoms with van der Waals surface area (Å²) >= 11 is 1.77. The van der Waals surface area contributed by atoms with Crippen molar-refractivity contribution in [2.75, 3.05) is 26.2 Å². The fraction of sp³-hybridized carbons (Fsp3) is 1.00. The van der Waals surface area contributed by atoms with Crippen molar-refractivity contribution in [1.29, 1.82) is 0 Å². The van der Waals surface area contributed by atoms with E-state index in [-0.39, 0.29) is 0 Å². The Balaban J connectivity index is -0.000000101. The molecule has 0 amide bonds. The van der Waals surface area contributed by atoms with Gasteiger partial charge >= 0.3 is 33.1 Å². The summed E-state index contributed by atoms with van der Waals surface area (Å²) in [6.07, 6.45) is 0. The van der Waals surface area contributed by atoms with Gasteiger partial charge in [0.15, 0.2) is 0 Å². The molecule has 0 aliphatic heterocycles. The van der Waals surface area contributed by atoms with Gasteiger partial charge in [-0.1, -0.05) is 0 Å². The first kappa shape index (κ1) is 17.9. The Morgan fingerprint density at radius 3 is 1.08 bits per heavy atom. The van der Waals surface area contributed by atoms with Crippen LogP contribution in [-0.4, -0.2) is 29.7 Å². The molecule has 0 unspecified atom stereocenters. The average molecular weight is 273 g/mol. The molecule has 0 bridgehead atoms. The van der Waals surface area contributed by atoms with E-state index in [1.165, 1.54) is 0 Å². The van der Waals surface area contributed by atoms with Crippen LogP contribution >= 0.6 is 0 Å². The summed E-state index contributed by atoms with van der Waals surface area (Å²) in [6.45, 7) is 2.39. The molecule has 0 aromatic rings. The Morgan fingerprint density at radius 1 is 1.00 bits per heavy atom. The van der Waals surface area contributed by atoms with E-state index in [4.69, 9.17) is 33.0 Å². The van der Waals surface area contributed by atoms with Gasteiger partial charge in [0, 0.05) is 26.2 Å². The van der Waals surface area contributed by atoms with E-state index in [9.17, 15) is 0 Å². The Morgan fingerprint density at radius 2 is 1.08 bits per heavy atom. The SMILES string of the molecule is NCCN.NCCN.O=[N+]([O-])[Pd]. The van der Waals surface area contributed by atoms with Crippen LogP contribution in [0.5, 0.6) is 0 Å². The fourth-order valence-corrected chi connectivity index (χ4v) is 0. The molecule has 0 saturated carbocycles. The van der Waals surface area contributed by atoms with E-state index >= 15 is 0 Å². The van der Waals surface area contributed by atoms with Crippen molar-refractivity contribution in [3.63, 3.8) is 0 Å². The van der Waals surface area contributed by atoms with Crippen LogP contribution in [0, 0.1) is 10.1 Å². The van der Waals surface area contributed by atoms with Gasteiger partial charge in [-0.25, -0.2) is 0 Å². The summed E-state index contributed by atoms with van der Waals surface area (Å²) in [5, 5.41) is 8.74. The minimum atomic E-state index is -0.650. The van der Waals surface area contributed by atoms with Crippen molar-refractivity contribution in [1.82, 2.24) is 0 Å². The van der Waals surface area contributed by atoms with E-state index in [1.807, 2.05) is 0 Å².